The monoisotopic (exact) mass is 483 g/mol. The van der Waals surface area contributed by atoms with Crippen molar-refractivity contribution < 1.29 is 47.6 Å². The molecule has 0 saturated heterocycles. The summed E-state index contributed by atoms with van der Waals surface area (Å²) in [7, 11) is 0. The highest BCUT2D eigenvalue weighted by Gasteiger charge is 2.24. The summed E-state index contributed by atoms with van der Waals surface area (Å²) in [5.41, 5.74) is 6.47. The minimum absolute atomic E-state index is 0.0223. The highest BCUT2D eigenvalue weighted by atomic mass is 16.7. The number of carbonyl (C=O) groups excluding carboxylic acids is 4. The second-order valence-electron chi connectivity index (χ2n) is 7.45. The lowest BCUT2D eigenvalue weighted by molar-refractivity contribution is -0.164. The Bertz CT molecular complexity index is 841. The Labute approximate surface area is 198 Å². The Morgan fingerprint density at radius 1 is 0.853 bits per heavy atom. The molecule has 190 valence electrons. The summed E-state index contributed by atoms with van der Waals surface area (Å²) >= 11 is 0. The molecule has 0 aliphatic heterocycles. The van der Waals surface area contributed by atoms with E-state index in [2.05, 4.69) is 0 Å². The van der Waals surface area contributed by atoms with Gasteiger partial charge < -0.3 is 34.2 Å². The van der Waals surface area contributed by atoms with E-state index >= 15 is 0 Å². The van der Waals surface area contributed by atoms with Crippen LogP contribution < -0.4 is 15.2 Å². The van der Waals surface area contributed by atoms with Crippen molar-refractivity contribution in [1.82, 2.24) is 0 Å². The zero-order valence-corrected chi connectivity index (χ0v) is 20.2. The Kier molecular flexibility index (Phi) is 12.4. The highest BCUT2D eigenvalue weighted by molar-refractivity contribution is 5.76. The summed E-state index contributed by atoms with van der Waals surface area (Å²) in [6, 6.07) is 3.26. The normalized spacial score (nSPS) is 13.1. The van der Waals surface area contributed by atoms with Crippen molar-refractivity contribution in [2.45, 2.75) is 72.1 Å². The minimum atomic E-state index is -1.06. The van der Waals surface area contributed by atoms with Crippen molar-refractivity contribution in [1.29, 1.82) is 0 Å². The van der Waals surface area contributed by atoms with Gasteiger partial charge in [-0.25, -0.2) is 9.59 Å². The maximum Gasteiger partial charge on any atom is 0.513 e. The van der Waals surface area contributed by atoms with Gasteiger partial charge in [0.05, 0.1) is 13.2 Å². The molecule has 0 heterocycles. The third kappa shape index (κ3) is 10.5. The van der Waals surface area contributed by atoms with Crippen LogP contribution in [0, 0.1) is 0 Å². The quantitative estimate of drug-likeness (QED) is 0.265. The number of hydrogen-bond acceptors (Lipinski definition) is 11. The summed E-state index contributed by atoms with van der Waals surface area (Å²) in [5.74, 6) is -1.38. The van der Waals surface area contributed by atoms with Crippen LogP contribution in [0.2, 0.25) is 0 Å². The summed E-state index contributed by atoms with van der Waals surface area (Å²) in [4.78, 5) is 47.2. The molecule has 0 fully saturated rings. The van der Waals surface area contributed by atoms with Crippen LogP contribution in [0.15, 0.2) is 18.2 Å². The first kappa shape index (κ1) is 28.7. The number of ether oxygens (including phenoxy) is 6. The van der Waals surface area contributed by atoms with Crippen LogP contribution in [0.5, 0.6) is 11.5 Å². The number of esters is 2. The van der Waals surface area contributed by atoms with Crippen molar-refractivity contribution in [3.05, 3.63) is 23.8 Å². The van der Waals surface area contributed by atoms with Gasteiger partial charge in [-0.15, -0.1) is 0 Å². The van der Waals surface area contributed by atoms with Gasteiger partial charge >= 0.3 is 24.2 Å². The number of nitrogens with two attached hydrogens (primary N) is 1. The Morgan fingerprint density at radius 2 is 1.38 bits per heavy atom. The summed E-state index contributed by atoms with van der Waals surface area (Å²) in [6.07, 6.45) is -2.08. The molecule has 3 atom stereocenters. The number of hydrogen-bond donors (Lipinski definition) is 1. The topological polar surface area (TPSA) is 150 Å². The molecule has 0 saturated carbocycles. The minimum Gasteiger partial charge on any atom is -0.459 e. The van der Waals surface area contributed by atoms with Crippen molar-refractivity contribution in [2.75, 3.05) is 13.2 Å². The smallest absolute Gasteiger partial charge is 0.459 e. The van der Waals surface area contributed by atoms with Gasteiger partial charge in [0, 0.05) is 6.92 Å². The fourth-order valence-electron chi connectivity index (χ4n) is 2.51. The third-order valence-electron chi connectivity index (χ3n) is 4.32. The van der Waals surface area contributed by atoms with Crippen LogP contribution >= 0.6 is 0 Å². The summed E-state index contributed by atoms with van der Waals surface area (Å²) < 4.78 is 30.3. The number of rotatable bonds is 12. The fraction of sp³-hybridized carbons (Fsp3) is 0.565. The molecular weight excluding hydrogens is 450 g/mol. The predicted molar refractivity (Wildman–Crippen MR) is 119 cm³/mol. The molecule has 11 nitrogen and oxygen atoms in total. The molecule has 11 heteroatoms. The van der Waals surface area contributed by atoms with E-state index in [4.69, 9.17) is 34.2 Å². The van der Waals surface area contributed by atoms with E-state index in [9.17, 15) is 19.2 Å². The van der Waals surface area contributed by atoms with Crippen LogP contribution in [0.3, 0.4) is 0 Å². The lowest BCUT2D eigenvalue weighted by Crippen LogP contribution is -2.39. The van der Waals surface area contributed by atoms with Crippen LogP contribution in [0.4, 0.5) is 9.59 Å². The molecule has 2 N–H and O–H groups in total. The maximum atomic E-state index is 12.4. The molecule has 34 heavy (non-hydrogen) atoms. The van der Waals surface area contributed by atoms with Gasteiger partial charge in [-0.3, -0.25) is 9.59 Å². The van der Waals surface area contributed by atoms with Gasteiger partial charge in [0.2, 0.25) is 0 Å². The number of benzene rings is 1. The maximum absolute atomic E-state index is 12.4. The van der Waals surface area contributed by atoms with Crippen LogP contribution in [0.25, 0.3) is 0 Å². The first-order valence-electron chi connectivity index (χ1n) is 11.0. The van der Waals surface area contributed by atoms with Gasteiger partial charge in [-0.1, -0.05) is 19.9 Å². The van der Waals surface area contributed by atoms with E-state index in [1.165, 1.54) is 19.1 Å². The Hall–Kier alpha value is -3.34. The lowest BCUT2D eigenvalue weighted by Gasteiger charge is -2.22. The zero-order chi connectivity index (χ0) is 25.7. The fourth-order valence-corrected chi connectivity index (χ4v) is 2.51. The first-order valence-corrected chi connectivity index (χ1v) is 11.0. The molecular formula is C23H33NO10. The third-order valence-corrected chi connectivity index (χ3v) is 4.32. The molecule has 0 aromatic heterocycles. The Balaban J connectivity index is 2.93. The van der Waals surface area contributed by atoms with E-state index in [0.29, 0.717) is 18.4 Å². The van der Waals surface area contributed by atoms with E-state index in [1.807, 2.05) is 13.8 Å². The van der Waals surface area contributed by atoms with E-state index in [0.717, 1.165) is 0 Å². The molecule has 0 amide bonds. The largest absolute Gasteiger partial charge is 0.513 e. The van der Waals surface area contributed by atoms with E-state index < -0.39 is 42.5 Å². The van der Waals surface area contributed by atoms with Gasteiger partial charge in [0.25, 0.3) is 0 Å². The van der Waals surface area contributed by atoms with Crippen LogP contribution in [-0.4, -0.2) is 55.7 Å². The summed E-state index contributed by atoms with van der Waals surface area (Å²) in [5, 5.41) is 0. The van der Waals surface area contributed by atoms with Crippen LogP contribution in [0.1, 0.15) is 53.0 Å². The second-order valence-corrected chi connectivity index (χ2v) is 7.45. The van der Waals surface area contributed by atoms with Gasteiger partial charge in [0.1, 0.15) is 18.2 Å². The van der Waals surface area contributed by atoms with Gasteiger partial charge in [-0.2, -0.15) is 0 Å². The van der Waals surface area contributed by atoms with E-state index in [1.54, 1.807) is 19.9 Å². The van der Waals surface area contributed by atoms with Crippen molar-refractivity contribution in [3.63, 3.8) is 0 Å². The average Bonchev–Trinajstić information content (AvgIpc) is 2.77. The highest BCUT2D eigenvalue weighted by Crippen LogP contribution is 2.30. The molecule has 0 radical (unpaired) electrons. The average molecular weight is 484 g/mol. The first-order chi connectivity index (χ1) is 16.1. The molecule has 0 spiro atoms. The van der Waals surface area contributed by atoms with E-state index in [-0.39, 0.29) is 31.1 Å². The standard InChI is InChI=1S/C23H33NO10/c1-6-10-29-22(27)33-19-9-8-17(13-20(19)34-23(28)30-11-7-2)12-18(24)21(26)32-15(4)14(3)31-16(5)25/h8-9,13-15,18H,6-7,10-12,24H2,1-5H3/t14?,15-,18-/m0/s1. The second kappa shape index (κ2) is 14.7. The zero-order valence-electron chi connectivity index (χ0n) is 20.2. The molecule has 1 aromatic carbocycles. The lowest BCUT2D eigenvalue weighted by atomic mass is 10.1. The number of carbonyl (C=O) groups is 4. The van der Waals surface area contributed by atoms with Gasteiger partial charge in [0.15, 0.2) is 11.5 Å². The SMILES string of the molecule is CCCOC(=O)Oc1ccc(C[C@H](N)C(=O)O[C@@H](C)C(C)OC(C)=O)cc1OC(=O)OCCC. The molecule has 1 aromatic rings. The van der Waals surface area contributed by atoms with Crippen molar-refractivity contribution >= 4 is 24.2 Å². The molecule has 1 rings (SSSR count). The Morgan fingerprint density at radius 3 is 1.91 bits per heavy atom. The molecule has 0 aliphatic carbocycles. The predicted octanol–water partition coefficient (Wildman–Crippen LogP) is 3.29. The summed E-state index contributed by atoms with van der Waals surface area (Å²) in [6.45, 7) is 8.38. The van der Waals surface area contributed by atoms with Crippen molar-refractivity contribution in [3.8, 4) is 11.5 Å². The van der Waals surface area contributed by atoms with Crippen LogP contribution in [-0.2, 0) is 35.0 Å². The van der Waals surface area contributed by atoms with Crippen molar-refractivity contribution in [2.24, 2.45) is 5.73 Å². The molecule has 0 bridgehead atoms. The molecule has 0 aliphatic rings. The van der Waals surface area contributed by atoms with Gasteiger partial charge in [-0.05, 0) is 50.8 Å². The molecule has 1 unspecified atom stereocenters.